The van der Waals surface area contributed by atoms with E-state index in [1.165, 1.54) is 0 Å². The maximum absolute atomic E-state index is 6.35. The van der Waals surface area contributed by atoms with Crippen molar-refractivity contribution in [1.29, 1.82) is 0 Å². The Morgan fingerprint density at radius 2 is 1.81 bits per heavy atom. The van der Waals surface area contributed by atoms with Crippen LogP contribution in [0.5, 0.6) is 0 Å². The Kier molecular flexibility index (Phi) is 2.28. The summed E-state index contributed by atoms with van der Waals surface area (Å²) in [4.78, 5) is 0. The van der Waals surface area contributed by atoms with Gasteiger partial charge < -0.3 is 10.5 Å². The Bertz CT molecular complexity index is 439. The summed E-state index contributed by atoms with van der Waals surface area (Å²) in [5.74, 6) is 0. The lowest BCUT2D eigenvalue weighted by Gasteiger charge is -2.47. The molecule has 0 amide bonds. The quantitative estimate of drug-likeness (QED) is 0.885. The number of ether oxygens (including phenoxy) is 1. The molecule has 0 unspecified atom stereocenters. The molecule has 86 valence electrons. The Balaban J connectivity index is 2.04. The monoisotopic (exact) mass is 257 g/mol. The molecule has 2 N–H and O–H groups in total. The van der Waals surface area contributed by atoms with Gasteiger partial charge in [-0.15, -0.1) is 0 Å². The van der Waals surface area contributed by atoms with Crippen molar-refractivity contribution in [1.82, 2.24) is 0 Å². The van der Waals surface area contributed by atoms with Crippen molar-refractivity contribution in [2.24, 2.45) is 5.73 Å². The van der Waals surface area contributed by atoms with E-state index in [1.54, 1.807) is 0 Å². The maximum atomic E-state index is 6.35. The van der Waals surface area contributed by atoms with Crippen LogP contribution in [0.25, 0.3) is 0 Å². The lowest BCUT2D eigenvalue weighted by atomic mass is 9.71. The van der Waals surface area contributed by atoms with Crippen molar-refractivity contribution in [3.8, 4) is 0 Å². The van der Waals surface area contributed by atoms with Gasteiger partial charge in [0.15, 0.2) is 0 Å². The van der Waals surface area contributed by atoms with Gasteiger partial charge in [0.2, 0.25) is 0 Å². The molecule has 1 saturated heterocycles. The molecule has 2 fully saturated rings. The number of nitrogens with two attached hydrogens (primary N) is 1. The second kappa shape index (κ2) is 3.36. The van der Waals surface area contributed by atoms with E-state index >= 15 is 0 Å². The van der Waals surface area contributed by atoms with E-state index < -0.39 is 0 Å². The molecular weight excluding hydrogens is 245 g/mol. The molecule has 1 aromatic rings. The highest BCUT2D eigenvalue weighted by Crippen LogP contribution is 2.53. The SMILES string of the molecule is NC1(C2(c3ccc(Cl)c(Cl)c3)COC2)CC1. The summed E-state index contributed by atoms with van der Waals surface area (Å²) in [6.45, 7) is 1.39. The molecule has 4 heteroatoms. The van der Waals surface area contributed by atoms with Crippen molar-refractivity contribution < 1.29 is 4.74 Å². The summed E-state index contributed by atoms with van der Waals surface area (Å²) in [7, 11) is 0. The summed E-state index contributed by atoms with van der Waals surface area (Å²) in [6.07, 6.45) is 2.13. The summed E-state index contributed by atoms with van der Waals surface area (Å²) >= 11 is 12.0. The predicted molar refractivity (Wildman–Crippen MR) is 65.1 cm³/mol. The fourth-order valence-electron chi connectivity index (χ4n) is 2.45. The molecule has 1 heterocycles. The van der Waals surface area contributed by atoms with Crippen LogP contribution in [-0.4, -0.2) is 18.8 Å². The molecule has 0 aromatic heterocycles. The van der Waals surface area contributed by atoms with Gasteiger partial charge in [0.05, 0.1) is 28.7 Å². The minimum Gasteiger partial charge on any atom is -0.379 e. The molecule has 0 bridgehead atoms. The van der Waals surface area contributed by atoms with Gasteiger partial charge in [-0.25, -0.2) is 0 Å². The first-order valence-corrected chi connectivity index (χ1v) is 6.15. The predicted octanol–water partition coefficient (Wildman–Crippen LogP) is 2.75. The molecule has 1 aliphatic carbocycles. The van der Waals surface area contributed by atoms with E-state index in [0.29, 0.717) is 23.3 Å². The molecule has 2 aliphatic rings. The van der Waals surface area contributed by atoms with Crippen LogP contribution in [0.1, 0.15) is 18.4 Å². The van der Waals surface area contributed by atoms with Gasteiger partial charge in [0, 0.05) is 5.54 Å². The zero-order chi connectivity index (χ0) is 11.4. The van der Waals surface area contributed by atoms with E-state index in [2.05, 4.69) is 0 Å². The highest BCUT2D eigenvalue weighted by Gasteiger charge is 2.61. The van der Waals surface area contributed by atoms with Gasteiger partial charge in [-0.3, -0.25) is 0 Å². The van der Waals surface area contributed by atoms with Crippen molar-refractivity contribution in [3.63, 3.8) is 0 Å². The first-order valence-electron chi connectivity index (χ1n) is 5.40. The molecule has 0 spiro atoms. The molecule has 1 aliphatic heterocycles. The molecule has 0 radical (unpaired) electrons. The molecule has 0 atom stereocenters. The topological polar surface area (TPSA) is 35.2 Å². The van der Waals surface area contributed by atoms with Crippen LogP contribution in [0.15, 0.2) is 18.2 Å². The van der Waals surface area contributed by atoms with Gasteiger partial charge in [0.25, 0.3) is 0 Å². The van der Waals surface area contributed by atoms with Crippen LogP contribution in [-0.2, 0) is 10.2 Å². The minimum absolute atomic E-state index is 0.0404. The normalized spacial score (nSPS) is 24.9. The highest BCUT2D eigenvalue weighted by atomic mass is 35.5. The zero-order valence-electron chi connectivity index (χ0n) is 8.80. The highest BCUT2D eigenvalue weighted by molar-refractivity contribution is 6.42. The van der Waals surface area contributed by atoms with E-state index in [1.807, 2.05) is 18.2 Å². The Morgan fingerprint density at radius 1 is 1.12 bits per heavy atom. The number of halogens is 2. The Morgan fingerprint density at radius 3 is 2.25 bits per heavy atom. The minimum atomic E-state index is -0.0948. The van der Waals surface area contributed by atoms with E-state index in [4.69, 9.17) is 33.7 Å². The van der Waals surface area contributed by atoms with Crippen molar-refractivity contribution in [2.75, 3.05) is 13.2 Å². The summed E-state index contributed by atoms with van der Waals surface area (Å²) in [6, 6.07) is 5.79. The lowest BCUT2D eigenvalue weighted by molar-refractivity contribution is -0.0786. The second-order valence-electron chi connectivity index (χ2n) is 4.86. The summed E-state index contributed by atoms with van der Waals surface area (Å²) in [5, 5.41) is 1.18. The van der Waals surface area contributed by atoms with E-state index in [0.717, 1.165) is 18.4 Å². The van der Waals surface area contributed by atoms with Gasteiger partial charge in [0.1, 0.15) is 0 Å². The first-order chi connectivity index (χ1) is 7.57. The molecule has 1 aromatic carbocycles. The van der Waals surface area contributed by atoms with Crippen molar-refractivity contribution >= 4 is 23.2 Å². The average molecular weight is 258 g/mol. The number of hydrogen-bond acceptors (Lipinski definition) is 2. The second-order valence-corrected chi connectivity index (χ2v) is 5.67. The first kappa shape index (κ1) is 10.8. The molecule has 2 nitrogen and oxygen atoms in total. The van der Waals surface area contributed by atoms with Gasteiger partial charge in [-0.05, 0) is 30.5 Å². The van der Waals surface area contributed by atoms with Crippen LogP contribution in [0.3, 0.4) is 0 Å². The summed E-state index contributed by atoms with van der Waals surface area (Å²) < 4.78 is 5.37. The lowest BCUT2D eigenvalue weighted by Crippen LogP contribution is -2.60. The third kappa shape index (κ3) is 1.34. The molecule has 16 heavy (non-hydrogen) atoms. The van der Waals surface area contributed by atoms with Gasteiger partial charge >= 0.3 is 0 Å². The number of hydrogen-bond donors (Lipinski definition) is 1. The Hall–Kier alpha value is -0.280. The number of benzene rings is 1. The van der Waals surface area contributed by atoms with Crippen LogP contribution in [0.2, 0.25) is 10.0 Å². The van der Waals surface area contributed by atoms with Crippen molar-refractivity contribution in [2.45, 2.75) is 23.8 Å². The smallest absolute Gasteiger partial charge is 0.0603 e. The van der Waals surface area contributed by atoms with Crippen LogP contribution < -0.4 is 5.73 Å². The van der Waals surface area contributed by atoms with E-state index in [9.17, 15) is 0 Å². The fraction of sp³-hybridized carbons (Fsp3) is 0.500. The Labute approximate surface area is 105 Å². The number of rotatable bonds is 2. The zero-order valence-corrected chi connectivity index (χ0v) is 10.3. The van der Waals surface area contributed by atoms with E-state index in [-0.39, 0.29) is 11.0 Å². The maximum Gasteiger partial charge on any atom is 0.0603 e. The molecule has 1 saturated carbocycles. The average Bonchev–Trinajstić information content (AvgIpc) is 2.89. The van der Waals surface area contributed by atoms with Gasteiger partial charge in [-0.2, -0.15) is 0 Å². The third-order valence-electron chi connectivity index (χ3n) is 3.91. The van der Waals surface area contributed by atoms with Crippen LogP contribution >= 0.6 is 23.2 Å². The van der Waals surface area contributed by atoms with Crippen LogP contribution in [0.4, 0.5) is 0 Å². The largest absolute Gasteiger partial charge is 0.379 e. The standard InChI is InChI=1S/C12H13Cl2NO/c13-9-2-1-8(5-10(9)14)11(6-16-7-11)12(15)3-4-12/h1-2,5H,3-4,6-7,15H2. The molecular formula is C12H13Cl2NO. The molecule has 3 rings (SSSR count). The van der Waals surface area contributed by atoms with Crippen LogP contribution in [0, 0.1) is 0 Å². The fourth-order valence-corrected chi connectivity index (χ4v) is 2.75. The van der Waals surface area contributed by atoms with Crippen molar-refractivity contribution in [3.05, 3.63) is 33.8 Å². The van der Waals surface area contributed by atoms with Gasteiger partial charge in [-0.1, -0.05) is 29.3 Å². The third-order valence-corrected chi connectivity index (χ3v) is 4.65. The summed E-state index contributed by atoms with van der Waals surface area (Å²) in [5.41, 5.74) is 7.38.